The zero-order valence-electron chi connectivity index (χ0n) is 11.2. The molecule has 0 bridgehead atoms. The van der Waals surface area contributed by atoms with Gasteiger partial charge in [-0.15, -0.1) is 11.8 Å². The molecular formula is C17H17NOS. The fraction of sp³-hybridized carbons (Fsp3) is 0.235. The van der Waals surface area contributed by atoms with E-state index in [0.717, 1.165) is 6.42 Å². The van der Waals surface area contributed by atoms with Crippen molar-refractivity contribution in [1.82, 2.24) is 4.90 Å². The Labute approximate surface area is 123 Å². The lowest BCUT2D eigenvalue weighted by molar-refractivity contribution is -0.128. The Kier molecular flexibility index (Phi) is 4.07. The quantitative estimate of drug-likeness (QED) is 0.847. The molecular weight excluding hydrogens is 266 g/mol. The highest BCUT2D eigenvalue weighted by Gasteiger charge is 2.31. The molecule has 0 N–H and O–H groups in total. The van der Waals surface area contributed by atoms with Crippen LogP contribution in [0.15, 0.2) is 65.6 Å². The minimum Gasteiger partial charge on any atom is -0.326 e. The molecule has 0 spiro atoms. The maximum atomic E-state index is 12.1. The van der Waals surface area contributed by atoms with Crippen molar-refractivity contribution < 1.29 is 4.79 Å². The van der Waals surface area contributed by atoms with Gasteiger partial charge in [-0.1, -0.05) is 48.5 Å². The van der Waals surface area contributed by atoms with Gasteiger partial charge in [0.1, 0.15) is 0 Å². The van der Waals surface area contributed by atoms with Crippen molar-refractivity contribution in [2.24, 2.45) is 0 Å². The highest BCUT2D eigenvalue weighted by atomic mass is 32.2. The molecule has 2 aromatic carbocycles. The number of hydrogen-bond acceptors (Lipinski definition) is 2. The van der Waals surface area contributed by atoms with Crippen LogP contribution in [-0.4, -0.2) is 16.2 Å². The second-order valence-electron chi connectivity index (χ2n) is 4.93. The van der Waals surface area contributed by atoms with E-state index < -0.39 is 0 Å². The van der Waals surface area contributed by atoms with Crippen LogP contribution in [0.5, 0.6) is 0 Å². The maximum absolute atomic E-state index is 12.1. The molecule has 2 aromatic rings. The van der Waals surface area contributed by atoms with E-state index in [1.807, 2.05) is 41.3 Å². The SMILES string of the molecule is O=C1CCC(Sc2ccccc2)N1Cc1ccccc1. The fourth-order valence-corrected chi connectivity index (χ4v) is 3.64. The van der Waals surface area contributed by atoms with Gasteiger partial charge in [0.2, 0.25) is 5.91 Å². The Bertz CT molecular complexity index is 570. The summed E-state index contributed by atoms with van der Waals surface area (Å²) in [5.41, 5.74) is 1.20. The summed E-state index contributed by atoms with van der Waals surface area (Å²) in [5.74, 6) is 0.266. The summed E-state index contributed by atoms with van der Waals surface area (Å²) in [6.45, 7) is 0.712. The highest BCUT2D eigenvalue weighted by Crippen LogP contribution is 2.34. The van der Waals surface area contributed by atoms with Gasteiger partial charge in [-0.3, -0.25) is 4.79 Å². The van der Waals surface area contributed by atoms with Gasteiger partial charge in [0.25, 0.3) is 0 Å². The van der Waals surface area contributed by atoms with Crippen molar-refractivity contribution in [3.05, 3.63) is 66.2 Å². The molecule has 3 rings (SSSR count). The van der Waals surface area contributed by atoms with Crippen LogP contribution in [0.1, 0.15) is 18.4 Å². The first kappa shape index (κ1) is 13.3. The number of hydrogen-bond donors (Lipinski definition) is 0. The molecule has 1 fully saturated rings. The van der Waals surface area contributed by atoms with E-state index in [1.54, 1.807) is 11.8 Å². The molecule has 1 aliphatic heterocycles. The first-order valence-corrected chi connectivity index (χ1v) is 7.76. The lowest BCUT2D eigenvalue weighted by Gasteiger charge is -2.24. The summed E-state index contributed by atoms with van der Waals surface area (Å²) in [4.78, 5) is 15.3. The molecule has 1 aliphatic rings. The van der Waals surface area contributed by atoms with Crippen LogP contribution >= 0.6 is 11.8 Å². The maximum Gasteiger partial charge on any atom is 0.223 e. The topological polar surface area (TPSA) is 20.3 Å². The summed E-state index contributed by atoms with van der Waals surface area (Å²) in [6, 6.07) is 20.5. The van der Waals surface area contributed by atoms with E-state index in [0.29, 0.717) is 13.0 Å². The van der Waals surface area contributed by atoms with Crippen molar-refractivity contribution in [3.63, 3.8) is 0 Å². The number of likely N-dealkylation sites (tertiary alicyclic amines) is 1. The predicted molar refractivity (Wildman–Crippen MR) is 82.3 cm³/mol. The average molecular weight is 283 g/mol. The molecule has 0 aromatic heterocycles. The first-order chi connectivity index (χ1) is 9.83. The van der Waals surface area contributed by atoms with E-state index in [4.69, 9.17) is 0 Å². The van der Waals surface area contributed by atoms with Gasteiger partial charge in [0, 0.05) is 17.9 Å². The largest absolute Gasteiger partial charge is 0.326 e. The van der Waals surface area contributed by atoms with E-state index in [-0.39, 0.29) is 11.3 Å². The van der Waals surface area contributed by atoms with Gasteiger partial charge in [-0.25, -0.2) is 0 Å². The zero-order chi connectivity index (χ0) is 13.8. The monoisotopic (exact) mass is 283 g/mol. The van der Waals surface area contributed by atoms with E-state index in [9.17, 15) is 4.79 Å². The fourth-order valence-electron chi connectivity index (χ4n) is 2.46. The van der Waals surface area contributed by atoms with Gasteiger partial charge < -0.3 is 4.90 Å². The van der Waals surface area contributed by atoms with Crippen LogP contribution in [0.2, 0.25) is 0 Å². The van der Waals surface area contributed by atoms with Gasteiger partial charge in [0.05, 0.1) is 5.37 Å². The van der Waals surface area contributed by atoms with Crippen molar-refractivity contribution in [1.29, 1.82) is 0 Å². The van der Waals surface area contributed by atoms with Crippen molar-refractivity contribution in [3.8, 4) is 0 Å². The predicted octanol–water partition coefficient (Wildman–Crippen LogP) is 3.93. The smallest absolute Gasteiger partial charge is 0.223 e. The molecule has 0 aliphatic carbocycles. The minimum atomic E-state index is 0.255. The van der Waals surface area contributed by atoms with Crippen LogP contribution in [0, 0.1) is 0 Å². The van der Waals surface area contributed by atoms with Gasteiger partial charge in [-0.2, -0.15) is 0 Å². The second kappa shape index (κ2) is 6.14. The van der Waals surface area contributed by atoms with Crippen molar-refractivity contribution in [2.45, 2.75) is 29.7 Å². The van der Waals surface area contributed by atoms with E-state index in [2.05, 4.69) is 24.3 Å². The number of benzene rings is 2. The number of carbonyl (C=O) groups is 1. The summed E-state index contributed by atoms with van der Waals surface area (Å²) in [5, 5.41) is 0.255. The number of thioether (sulfide) groups is 1. The molecule has 1 heterocycles. The molecule has 1 saturated heterocycles. The Hall–Kier alpha value is -1.74. The molecule has 0 saturated carbocycles. The average Bonchev–Trinajstić information content (AvgIpc) is 2.83. The molecule has 1 amide bonds. The van der Waals surface area contributed by atoms with Crippen LogP contribution in [0.3, 0.4) is 0 Å². The van der Waals surface area contributed by atoms with E-state index >= 15 is 0 Å². The van der Waals surface area contributed by atoms with Crippen molar-refractivity contribution in [2.75, 3.05) is 0 Å². The number of carbonyl (C=O) groups excluding carboxylic acids is 1. The third-order valence-corrected chi connectivity index (χ3v) is 4.79. The summed E-state index contributed by atoms with van der Waals surface area (Å²) in [6.07, 6.45) is 1.60. The molecule has 102 valence electrons. The molecule has 1 unspecified atom stereocenters. The summed E-state index contributed by atoms with van der Waals surface area (Å²) in [7, 11) is 0. The Morgan fingerprint density at radius 1 is 1.00 bits per heavy atom. The van der Waals surface area contributed by atoms with Gasteiger partial charge in [-0.05, 0) is 24.1 Å². The van der Waals surface area contributed by atoms with Crippen molar-refractivity contribution >= 4 is 17.7 Å². The van der Waals surface area contributed by atoms with Crippen LogP contribution in [0.4, 0.5) is 0 Å². The van der Waals surface area contributed by atoms with Crippen LogP contribution < -0.4 is 0 Å². The van der Waals surface area contributed by atoms with Gasteiger partial charge in [0.15, 0.2) is 0 Å². The molecule has 3 heteroatoms. The second-order valence-corrected chi connectivity index (χ2v) is 6.18. The highest BCUT2D eigenvalue weighted by molar-refractivity contribution is 8.00. The van der Waals surface area contributed by atoms with E-state index in [1.165, 1.54) is 10.5 Å². The normalized spacial score (nSPS) is 18.5. The summed E-state index contributed by atoms with van der Waals surface area (Å²) >= 11 is 1.79. The Morgan fingerprint density at radius 3 is 2.35 bits per heavy atom. The molecule has 2 nitrogen and oxygen atoms in total. The minimum absolute atomic E-state index is 0.255. The molecule has 0 radical (unpaired) electrons. The first-order valence-electron chi connectivity index (χ1n) is 6.88. The standard InChI is InChI=1S/C17H17NOS/c19-16-11-12-17(20-15-9-5-2-6-10-15)18(16)13-14-7-3-1-4-8-14/h1-10,17H,11-13H2. The molecule has 20 heavy (non-hydrogen) atoms. The molecule has 1 atom stereocenters. The van der Waals surface area contributed by atoms with Gasteiger partial charge >= 0.3 is 0 Å². The number of rotatable bonds is 4. The number of amides is 1. The lowest BCUT2D eigenvalue weighted by Crippen LogP contribution is -2.30. The Balaban J connectivity index is 1.72. The van der Waals surface area contributed by atoms with Crippen LogP contribution in [-0.2, 0) is 11.3 Å². The third kappa shape index (κ3) is 3.05. The summed E-state index contributed by atoms with van der Waals surface area (Å²) < 4.78 is 0. The third-order valence-electron chi connectivity index (χ3n) is 3.48. The van der Waals surface area contributed by atoms with Crippen LogP contribution in [0.25, 0.3) is 0 Å². The number of nitrogens with zero attached hydrogens (tertiary/aromatic N) is 1. The zero-order valence-corrected chi connectivity index (χ0v) is 12.1. The Morgan fingerprint density at radius 2 is 1.65 bits per heavy atom. The lowest BCUT2D eigenvalue weighted by atomic mass is 10.2.